The molecular formula is C18H21BrFN3S. The normalized spacial score (nSPS) is 20.1. The summed E-state index contributed by atoms with van der Waals surface area (Å²) in [5, 5.41) is 3.46. The molecule has 128 valence electrons. The first kappa shape index (κ1) is 17.7. The number of allylic oxidation sites excluding steroid dienone is 2. The van der Waals surface area contributed by atoms with Gasteiger partial charge in [-0.15, -0.1) is 0 Å². The van der Waals surface area contributed by atoms with Crippen LogP contribution in [0.2, 0.25) is 0 Å². The third-order valence-corrected chi connectivity index (χ3v) is 5.54. The molecule has 0 saturated carbocycles. The number of halogens is 2. The van der Waals surface area contributed by atoms with E-state index in [1.165, 1.54) is 0 Å². The highest BCUT2D eigenvalue weighted by Gasteiger charge is 2.26. The van der Waals surface area contributed by atoms with Gasteiger partial charge in [-0.2, -0.15) is 0 Å². The summed E-state index contributed by atoms with van der Waals surface area (Å²) in [6, 6.07) is 3.53. The fourth-order valence-electron chi connectivity index (χ4n) is 2.59. The molecule has 0 fully saturated rings. The lowest BCUT2D eigenvalue weighted by molar-refractivity contribution is 0.536. The van der Waals surface area contributed by atoms with E-state index in [1.807, 2.05) is 12.3 Å². The van der Waals surface area contributed by atoms with Crippen molar-refractivity contribution in [2.24, 2.45) is 4.99 Å². The van der Waals surface area contributed by atoms with Gasteiger partial charge in [0.25, 0.3) is 0 Å². The van der Waals surface area contributed by atoms with Crippen LogP contribution in [-0.2, 0) is 6.42 Å². The number of hydrogen-bond donors (Lipinski definition) is 2. The quantitative estimate of drug-likeness (QED) is 0.673. The van der Waals surface area contributed by atoms with Crippen molar-refractivity contribution >= 4 is 39.3 Å². The average molecular weight is 410 g/mol. The highest BCUT2D eigenvalue weighted by Crippen LogP contribution is 2.32. The molecule has 0 amide bonds. The Labute approximate surface area is 155 Å². The van der Waals surface area contributed by atoms with E-state index in [-0.39, 0.29) is 17.4 Å². The number of rotatable bonds is 3. The Morgan fingerprint density at radius 1 is 1.38 bits per heavy atom. The predicted octanol–water partition coefficient (Wildman–Crippen LogP) is 5.20. The highest BCUT2D eigenvalue weighted by atomic mass is 79.9. The standard InChI is InChI=1S/C18H21BrFN3S/c1-18(2,3)23-24-12-5-4-6-15(21-10-12)17-8-11-7-14(20)13(19)9-16(11)22-17/h4-5,7,9-10,17,22-23H,6,8H2,1-3H3. The van der Waals surface area contributed by atoms with E-state index < -0.39 is 0 Å². The van der Waals surface area contributed by atoms with Gasteiger partial charge in [0.15, 0.2) is 0 Å². The van der Waals surface area contributed by atoms with Gasteiger partial charge in [-0.3, -0.25) is 9.71 Å². The number of nitrogens with zero attached hydrogens (tertiary/aromatic N) is 1. The van der Waals surface area contributed by atoms with Crippen molar-refractivity contribution < 1.29 is 4.39 Å². The molecule has 0 radical (unpaired) electrons. The van der Waals surface area contributed by atoms with Crippen molar-refractivity contribution in [1.82, 2.24) is 4.72 Å². The molecule has 3 rings (SSSR count). The topological polar surface area (TPSA) is 36.4 Å². The molecule has 24 heavy (non-hydrogen) atoms. The Morgan fingerprint density at radius 2 is 2.17 bits per heavy atom. The molecule has 0 aromatic heterocycles. The molecule has 2 heterocycles. The summed E-state index contributed by atoms with van der Waals surface area (Å²) in [5.74, 6) is -0.217. The van der Waals surface area contributed by atoms with E-state index in [2.05, 4.69) is 63.9 Å². The maximum Gasteiger partial charge on any atom is 0.137 e. The van der Waals surface area contributed by atoms with Crippen LogP contribution in [0, 0.1) is 5.82 Å². The van der Waals surface area contributed by atoms with Crippen LogP contribution in [0.15, 0.2) is 44.9 Å². The van der Waals surface area contributed by atoms with Gasteiger partial charge in [0.1, 0.15) is 5.82 Å². The monoisotopic (exact) mass is 409 g/mol. The lowest BCUT2D eigenvalue weighted by Gasteiger charge is -2.19. The summed E-state index contributed by atoms with van der Waals surface area (Å²) < 4.78 is 17.6. The Balaban J connectivity index is 1.71. The first-order chi connectivity index (χ1) is 11.3. The zero-order valence-electron chi connectivity index (χ0n) is 14.0. The van der Waals surface area contributed by atoms with Crippen LogP contribution in [0.1, 0.15) is 32.8 Å². The lowest BCUT2D eigenvalue weighted by Crippen LogP contribution is -2.29. The van der Waals surface area contributed by atoms with Crippen LogP contribution in [0.5, 0.6) is 0 Å². The summed E-state index contributed by atoms with van der Waals surface area (Å²) in [7, 11) is 0. The van der Waals surface area contributed by atoms with Crippen LogP contribution < -0.4 is 10.0 Å². The summed E-state index contributed by atoms with van der Waals surface area (Å²) in [5.41, 5.74) is 3.11. The number of benzene rings is 1. The van der Waals surface area contributed by atoms with Crippen LogP contribution in [0.4, 0.5) is 10.1 Å². The maximum absolute atomic E-state index is 13.7. The van der Waals surface area contributed by atoms with E-state index in [1.54, 1.807) is 18.0 Å². The third-order valence-electron chi connectivity index (χ3n) is 3.74. The van der Waals surface area contributed by atoms with E-state index in [0.29, 0.717) is 4.47 Å². The zero-order valence-corrected chi connectivity index (χ0v) is 16.4. The average Bonchev–Trinajstić information content (AvgIpc) is 2.75. The minimum absolute atomic E-state index is 0.0459. The second kappa shape index (κ2) is 7.02. The van der Waals surface area contributed by atoms with E-state index in [4.69, 9.17) is 0 Å². The van der Waals surface area contributed by atoms with Gasteiger partial charge in [-0.25, -0.2) is 4.39 Å². The highest BCUT2D eigenvalue weighted by molar-refractivity contribution is 9.10. The maximum atomic E-state index is 13.7. The SMILES string of the molecule is CC(C)(C)NSC1=CN=C(C2Cc3cc(F)c(Br)cc3N2)CC=C1. The van der Waals surface area contributed by atoms with Crippen molar-refractivity contribution in [3.63, 3.8) is 0 Å². The van der Waals surface area contributed by atoms with Gasteiger partial charge < -0.3 is 5.32 Å². The van der Waals surface area contributed by atoms with Gasteiger partial charge in [0, 0.05) is 40.9 Å². The number of hydrogen-bond acceptors (Lipinski definition) is 4. The van der Waals surface area contributed by atoms with Crippen molar-refractivity contribution in [1.29, 1.82) is 0 Å². The Hall–Kier alpha value is -1.11. The second-order valence-corrected chi connectivity index (χ2v) is 8.77. The summed E-state index contributed by atoms with van der Waals surface area (Å²) in [4.78, 5) is 5.77. The van der Waals surface area contributed by atoms with Gasteiger partial charge in [0.2, 0.25) is 0 Å². The molecule has 0 aliphatic carbocycles. The zero-order chi connectivity index (χ0) is 17.3. The van der Waals surface area contributed by atoms with Crippen LogP contribution in [0.3, 0.4) is 0 Å². The molecule has 1 atom stereocenters. The van der Waals surface area contributed by atoms with Gasteiger partial charge in [-0.05, 0) is 72.4 Å². The fourth-order valence-corrected chi connectivity index (χ4v) is 3.63. The van der Waals surface area contributed by atoms with Crippen LogP contribution in [-0.4, -0.2) is 17.3 Å². The first-order valence-corrected chi connectivity index (χ1v) is 9.54. The molecule has 1 aromatic carbocycles. The van der Waals surface area contributed by atoms with Crippen LogP contribution >= 0.6 is 27.9 Å². The van der Waals surface area contributed by atoms with Gasteiger partial charge in [0.05, 0.1) is 10.5 Å². The predicted molar refractivity (Wildman–Crippen MR) is 105 cm³/mol. The minimum atomic E-state index is -0.217. The summed E-state index contributed by atoms with van der Waals surface area (Å²) in [6.45, 7) is 6.39. The molecule has 0 spiro atoms. The second-order valence-electron chi connectivity index (χ2n) is 7.04. The summed E-state index contributed by atoms with van der Waals surface area (Å²) >= 11 is 4.84. The van der Waals surface area contributed by atoms with E-state index in [0.717, 1.165) is 34.7 Å². The van der Waals surface area contributed by atoms with Crippen molar-refractivity contribution in [2.75, 3.05) is 5.32 Å². The molecule has 0 bridgehead atoms. The fraction of sp³-hybridized carbons (Fsp3) is 0.389. The Kier molecular flexibility index (Phi) is 5.18. The third kappa shape index (κ3) is 4.29. The largest absolute Gasteiger partial charge is 0.376 e. The lowest BCUT2D eigenvalue weighted by atomic mass is 10.0. The number of nitrogens with one attached hydrogen (secondary N) is 2. The molecule has 2 aliphatic heterocycles. The summed E-state index contributed by atoms with van der Waals surface area (Å²) in [6.07, 6.45) is 7.70. The van der Waals surface area contributed by atoms with Crippen molar-refractivity contribution in [3.8, 4) is 0 Å². The Morgan fingerprint density at radius 3 is 2.92 bits per heavy atom. The molecule has 1 unspecified atom stereocenters. The van der Waals surface area contributed by atoms with Crippen LogP contribution in [0.25, 0.3) is 0 Å². The van der Waals surface area contributed by atoms with E-state index >= 15 is 0 Å². The number of aliphatic imine (C=N–C) groups is 1. The minimum Gasteiger partial charge on any atom is -0.376 e. The number of anilines is 1. The van der Waals surface area contributed by atoms with Crippen molar-refractivity contribution in [3.05, 3.63) is 51.2 Å². The van der Waals surface area contributed by atoms with Crippen molar-refractivity contribution in [2.45, 2.75) is 45.2 Å². The smallest absolute Gasteiger partial charge is 0.137 e. The molecule has 2 N–H and O–H groups in total. The molecular weight excluding hydrogens is 389 g/mol. The van der Waals surface area contributed by atoms with Gasteiger partial charge in [-0.1, -0.05) is 6.08 Å². The number of fused-ring (bicyclic) bond motifs is 1. The molecule has 6 heteroatoms. The van der Waals surface area contributed by atoms with Gasteiger partial charge >= 0.3 is 0 Å². The first-order valence-electron chi connectivity index (χ1n) is 7.93. The molecule has 1 aromatic rings. The Bertz CT molecular complexity index is 704. The molecule has 0 saturated heterocycles. The molecule has 2 aliphatic rings. The van der Waals surface area contributed by atoms with E-state index in [9.17, 15) is 4.39 Å². The molecule has 3 nitrogen and oxygen atoms in total.